The third-order valence-corrected chi connectivity index (χ3v) is 5.05. The normalized spacial score (nSPS) is 18.3. The van der Waals surface area contributed by atoms with Gasteiger partial charge in [-0.1, -0.05) is 24.3 Å². The molecule has 2 aromatic rings. The zero-order chi connectivity index (χ0) is 21.8. The van der Waals surface area contributed by atoms with Gasteiger partial charge in [0, 0.05) is 12.1 Å². The van der Waals surface area contributed by atoms with Gasteiger partial charge in [-0.05, 0) is 56.9 Å². The zero-order valence-electron chi connectivity index (χ0n) is 17.3. The molecule has 0 bridgehead atoms. The fourth-order valence-corrected chi connectivity index (χ4v) is 3.62. The van der Waals surface area contributed by atoms with E-state index < -0.39 is 23.5 Å². The molecule has 1 amide bonds. The van der Waals surface area contributed by atoms with Gasteiger partial charge in [0.15, 0.2) is 0 Å². The number of aliphatic hydroxyl groups is 1. The molecule has 0 aliphatic carbocycles. The van der Waals surface area contributed by atoms with E-state index in [9.17, 15) is 19.1 Å². The first-order chi connectivity index (χ1) is 14.3. The summed E-state index contributed by atoms with van der Waals surface area (Å²) in [4.78, 5) is 29.1. The molecule has 3 rings (SSSR count). The minimum Gasteiger partial charge on any atom is -0.507 e. The standard InChI is InChI=1S/C23H25FN2O4/c1-25(2)11-6-12-26-20(15-7-4-9-17(24)13-15)19(22(28)23(26)29)21(27)16-8-5-10-18(14-16)30-3/h4-5,7-10,13-14,20,27H,6,11-12H2,1-3H3/t20-/m1/s1. The third kappa shape index (κ3) is 4.36. The molecule has 1 fully saturated rings. The van der Waals surface area contributed by atoms with E-state index in [1.807, 2.05) is 19.0 Å². The van der Waals surface area contributed by atoms with Crippen LogP contribution < -0.4 is 4.74 Å². The topological polar surface area (TPSA) is 70.1 Å². The Morgan fingerprint density at radius 3 is 2.57 bits per heavy atom. The molecule has 1 atom stereocenters. The van der Waals surface area contributed by atoms with Gasteiger partial charge in [0.2, 0.25) is 0 Å². The number of Topliss-reactive ketones (excluding diaryl/α,β-unsaturated/α-hetero) is 1. The van der Waals surface area contributed by atoms with Gasteiger partial charge in [-0.2, -0.15) is 0 Å². The molecule has 30 heavy (non-hydrogen) atoms. The van der Waals surface area contributed by atoms with Crippen LogP contribution in [0.4, 0.5) is 4.39 Å². The molecule has 0 spiro atoms. The maximum Gasteiger partial charge on any atom is 0.295 e. The van der Waals surface area contributed by atoms with Crippen molar-refractivity contribution < 1.29 is 23.8 Å². The van der Waals surface area contributed by atoms with Gasteiger partial charge in [0.25, 0.3) is 11.7 Å². The van der Waals surface area contributed by atoms with E-state index in [4.69, 9.17) is 4.74 Å². The van der Waals surface area contributed by atoms with Gasteiger partial charge in [0.05, 0.1) is 18.7 Å². The first kappa shape index (κ1) is 21.5. The highest BCUT2D eigenvalue weighted by Crippen LogP contribution is 2.39. The van der Waals surface area contributed by atoms with E-state index in [0.29, 0.717) is 29.8 Å². The van der Waals surface area contributed by atoms with Crippen LogP contribution in [0.5, 0.6) is 5.75 Å². The molecule has 1 N–H and O–H groups in total. The summed E-state index contributed by atoms with van der Waals surface area (Å²) in [5, 5.41) is 11.0. The molecule has 0 radical (unpaired) electrons. The van der Waals surface area contributed by atoms with Gasteiger partial charge in [-0.3, -0.25) is 9.59 Å². The van der Waals surface area contributed by atoms with Gasteiger partial charge in [-0.15, -0.1) is 0 Å². The molecule has 1 heterocycles. The number of nitrogens with zero attached hydrogens (tertiary/aromatic N) is 2. The molecular weight excluding hydrogens is 387 g/mol. The summed E-state index contributed by atoms with van der Waals surface area (Å²) in [5.41, 5.74) is 0.731. The van der Waals surface area contributed by atoms with Crippen molar-refractivity contribution in [2.75, 3.05) is 34.3 Å². The number of hydrogen-bond donors (Lipinski definition) is 1. The van der Waals surface area contributed by atoms with Crippen LogP contribution in [0, 0.1) is 5.82 Å². The number of amides is 1. The second-order valence-corrected chi connectivity index (χ2v) is 7.44. The van der Waals surface area contributed by atoms with E-state index in [1.165, 1.54) is 30.2 Å². The maximum atomic E-state index is 14.0. The van der Waals surface area contributed by atoms with Crippen LogP contribution in [-0.2, 0) is 9.59 Å². The Kier molecular flexibility index (Phi) is 6.52. The molecule has 0 unspecified atom stereocenters. The lowest BCUT2D eigenvalue weighted by Crippen LogP contribution is -2.32. The number of likely N-dealkylation sites (tertiary alicyclic amines) is 1. The second kappa shape index (κ2) is 9.09. The number of ether oxygens (including phenoxy) is 1. The van der Waals surface area contributed by atoms with Crippen LogP contribution in [0.15, 0.2) is 54.1 Å². The summed E-state index contributed by atoms with van der Waals surface area (Å²) >= 11 is 0. The number of hydrogen-bond acceptors (Lipinski definition) is 5. The summed E-state index contributed by atoms with van der Waals surface area (Å²) in [6.45, 7) is 1.02. The fourth-order valence-electron chi connectivity index (χ4n) is 3.62. The quantitative estimate of drug-likeness (QED) is 0.430. The summed E-state index contributed by atoms with van der Waals surface area (Å²) in [7, 11) is 5.33. The van der Waals surface area contributed by atoms with Crippen molar-refractivity contribution in [2.45, 2.75) is 12.5 Å². The summed E-state index contributed by atoms with van der Waals surface area (Å²) in [6.07, 6.45) is 0.630. The summed E-state index contributed by atoms with van der Waals surface area (Å²) in [6, 6.07) is 11.5. The van der Waals surface area contributed by atoms with Crippen LogP contribution in [-0.4, -0.2) is 60.9 Å². The lowest BCUT2D eigenvalue weighted by molar-refractivity contribution is -0.139. The monoisotopic (exact) mass is 412 g/mol. The Balaban J connectivity index is 2.11. The minimum atomic E-state index is -0.867. The van der Waals surface area contributed by atoms with Gasteiger partial charge < -0.3 is 19.6 Å². The average molecular weight is 412 g/mol. The van der Waals surface area contributed by atoms with Crippen molar-refractivity contribution >= 4 is 17.4 Å². The zero-order valence-corrected chi connectivity index (χ0v) is 17.3. The van der Waals surface area contributed by atoms with Crippen LogP contribution in [0.3, 0.4) is 0 Å². The number of aliphatic hydroxyl groups excluding tert-OH is 1. The molecule has 0 aromatic heterocycles. The fraction of sp³-hybridized carbons (Fsp3) is 0.304. The molecule has 7 heteroatoms. The van der Waals surface area contributed by atoms with Gasteiger partial charge in [0.1, 0.15) is 17.3 Å². The average Bonchev–Trinajstić information content (AvgIpc) is 2.98. The number of benzene rings is 2. The van der Waals surface area contributed by atoms with Gasteiger partial charge in [-0.25, -0.2) is 4.39 Å². The first-order valence-corrected chi connectivity index (χ1v) is 9.66. The van der Waals surface area contributed by atoms with Crippen molar-refractivity contribution in [1.29, 1.82) is 0 Å². The second-order valence-electron chi connectivity index (χ2n) is 7.44. The Labute approximate surface area is 175 Å². The van der Waals surface area contributed by atoms with E-state index in [1.54, 1.807) is 30.3 Å². The highest BCUT2D eigenvalue weighted by Gasteiger charge is 2.45. The number of methoxy groups -OCH3 is 1. The lowest BCUT2D eigenvalue weighted by Gasteiger charge is -2.26. The number of halogens is 1. The molecule has 2 aromatic carbocycles. The molecule has 6 nitrogen and oxygen atoms in total. The molecular formula is C23H25FN2O4. The number of rotatable bonds is 7. The van der Waals surface area contributed by atoms with Crippen LogP contribution in [0.2, 0.25) is 0 Å². The van der Waals surface area contributed by atoms with E-state index in [0.717, 1.165) is 6.54 Å². The molecule has 1 saturated heterocycles. The largest absolute Gasteiger partial charge is 0.507 e. The predicted molar refractivity (Wildman–Crippen MR) is 112 cm³/mol. The van der Waals surface area contributed by atoms with Crippen LogP contribution >= 0.6 is 0 Å². The predicted octanol–water partition coefficient (Wildman–Crippen LogP) is 3.21. The van der Waals surface area contributed by atoms with Crippen molar-refractivity contribution in [2.24, 2.45) is 0 Å². The SMILES string of the molecule is COc1cccc(C(O)=C2C(=O)C(=O)N(CCCN(C)C)[C@@H]2c2cccc(F)c2)c1. The minimum absolute atomic E-state index is 0.0521. The Bertz CT molecular complexity index is 987. The number of ketones is 1. The Hall–Kier alpha value is -3.19. The smallest absolute Gasteiger partial charge is 0.295 e. The summed E-state index contributed by atoms with van der Waals surface area (Å²) in [5.74, 6) is -1.77. The number of carbonyl (C=O) groups excluding carboxylic acids is 2. The van der Waals surface area contributed by atoms with E-state index >= 15 is 0 Å². The molecule has 1 aliphatic heterocycles. The van der Waals surface area contributed by atoms with Crippen molar-refractivity contribution in [3.63, 3.8) is 0 Å². The third-order valence-electron chi connectivity index (χ3n) is 5.05. The molecule has 1 aliphatic rings. The Morgan fingerprint density at radius 2 is 1.90 bits per heavy atom. The van der Waals surface area contributed by atoms with E-state index in [2.05, 4.69) is 0 Å². The van der Waals surface area contributed by atoms with Gasteiger partial charge >= 0.3 is 0 Å². The summed E-state index contributed by atoms with van der Waals surface area (Å²) < 4.78 is 19.1. The Morgan fingerprint density at radius 1 is 1.17 bits per heavy atom. The highest BCUT2D eigenvalue weighted by atomic mass is 19.1. The highest BCUT2D eigenvalue weighted by molar-refractivity contribution is 6.46. The molecule has 158 valence electrons. The van der Waals surface area contributed by atoms with Crippen LogP contribution in [0.25, 0.3) is 5.76 Å². The van der Waals surface area contributed by atoms with Crippen LogP contribution in [0.1, 0.15) is 23.6 Å². The number of carbonyl (C=O) groups is 2. The first-order valence-electron chi connectivity index (χ1n) is 9.66. The van der Waals surface area contributed by atoms with Crippen molar-refractivity contribution in [3.05, 3.63) is 71.0 Å². The lowest BCUT2D eigenvalue weighted by atomic mass is 9.95. The molecule has 0 saturated carbocycles. The van der Waals surface area contributed by atoms with Crippen molar-refractivity contribution in [3.8, 4) is 5.75 Å². The van der Waals surface area contributed by atoms with Crippen molar-refractivity contribution in [1.82, 2.24) is 9.80 Å². The van der Waals surface area contributed by atoms with E-state index in [-0.39, 0.29) is 11.3 Å². The maximum absolute atomic E-state index is 14.0.